The van der Waals surface area contributed by atoms with Crippen LogP contribution in [0, 0.1) is 11.8 Å². The van der Waals surface area contributed by atoms with Gasteiger partial charge < -0.3 is 30.1 Å². The van der Waals surface area contributed by atoms with Gasteiger partial charge in [-0.05, 0) is 13.3 Å². The predicted molar refractivity (Wildman–Crippen MR) is 121 cm³/mol. The normalized spacial score (nSPS) is 32.3. The first-order chi connectivity index (χ1) is 15.6. The van der Waals surface area contributed by atoms with Gasteiger partial charge in [0.2, 0.25) is 17.7 Å². The molecule has 0 radical (unpaired) electrons. The second-order valence-corrected chi connectivity index (χ2v) is 10.5. The Labute approximate surface area is 196 Å². The van der Waals surface area contributed by atoms with E-state index in [9.17, 15) is 24.6 Å². The van der Waals surface area contributed by atoms with Crippen molar-refractivity contribution in [2.75, 3.05) is 40.3 Å². The molecule has 4 heterocycles. The molecule has 4 rings (SSSR count). The average Bonchev–Trinajstić information content (AvgIpc) is 3.29. The number of nitrogens with one attached hydrogen (secondary N) is 1. The fourth-order valence-electron chi connectivity index (χ4n) is 5.05. The predicted octanol–water partition coefficient (Wildman–Crippen LogP) is -0.0264. The number of carbonyl (C=O) groups excluding carboxylic acids is 2. The van der Waals surface area contributed by atoms with Crippen LogP contribution in [0.15, 0.2) is 15.8 Å². The van der Waals surface area contributed by atoms with Gasteiger partial charge in [-0.25, -0.2) is 4.79 Å². The molecule has 6 atom stereocenters. The van der Waals surface area contributed by atoms with E-state index in [1.165, 1.54) is 16.7 Å². The summed E-state index contributed by atoms with van der Waals surface area (Å²) in [5.74, 6) is -0.110. The van der Waals surface area contributed by atoms with Crippen molar-refractivity contribution >= 4 is 35.6 Å². The molecule has 11 nitrogen and oxygen atoms in total. The second-order valence-electron chi connectivity index (χ2n) is 9.18. The number of amidine groups is 1. The summed E-state index contributed by atoms with van der Waals surface area (Å²) in [5, 5.41) is 22.6. The molecule has 0 aromatic carbocycles. The minimum Gasteiger partial charge on any atom is -0.449 e. The van der Waals surface area contributed by atoms with Crippen LogP contribution in [0.3, 0.4) is 0 Å². The molecule has 0 saturated carbocycles. The summed E-state index contributed by atoms with van der Waals surface area (Å²) in [6.07, 6.45) is -1.72. The monoisotopic (exact) mass is 481 g/mol. The Morgan fingerprint density at radius 2 is 2.09 bits per heavy atom. The number of thioether (sulfide) groups is 1. The van der Waals surface area contributed by atoms with Gasteiger partial charge in [-0.15, -0.1) is 11.8 Å². The average molecular weight is 482 g/mol. The molecule has 4 aliphatic rings. The van der Waals surface area contributed by atoms with Gasteiger partial charge >= 0.3 is 6.16 Å². The van der Waals surface area contributed by atoms with Crippen LogP contribution in [0.4, 0.5) is 4.79 Å². The Morgan fingerprint density at radius 1 is 1.36 bits per heavy atom. The number of aliphatic imine (C=N–C) groups is 1. The number of carbonyl (C=O) groups is 3. The van der Waals surface area contributed by atoms with Gasteiger partial charge in [-0.3, -0.25) is 19.5 Å². The van der Waals surface area contributed by atoms with Crippen molar-refractivity contribution in [3.8, 4) is 0 Å². The molecule has 33 heavy (non-hydrogen) atoms. The Morgan fingerprint density at radius 3 is 2.73 bits per heavy atom. The highest BCUT2D eigenvalue weighted by Gasteiger charge is 2.60. The van der Waals surface area contributed by atoms with Crippen LogP contribution < -0.4 is 5.32 Å². The van der Waals surface area contributed by atoms with Crippen LogP contribution in [-0.4, -0.2) is 112 Å². The van der Waals surface area contributed by atoms with Gasteiger partial charge in [0.25, 0.3) is 0 Å². The minimum atomic E-state index is -1.48. The number of likely N-dealkylation sites (N-methyl/N-ethyl adjacent to an activating group) is 1. The molecular weight excluding hydrogens is 450 g/mol. The summed E-state index contributed by atoms with van der Waals surface area (Å²) >= 11 is 1.46. The minimum absolute atomic E-state index is 0.0226. The van der Waals surface area contributed by atoms with Crippen LogP contribution >= 0.6 is 11.8 Å². The Hall–Kier alpha value is -2.31. The third-order valence-corrected chi connectivity index (χ3v) is 8.25. The summed E-state index contributed by atoms with van der Waals surface area (Å²) in [5.41, 5.74) is 0. The highest BCUT2D eigenvalue weighted by Crippen LogP contribution is 2.52. The molecule has 4 aliphatic heterocycles. The Bertz CT molecular complexity index is 906. The molecule has 3 N–H and O–H groups in total. The standard InChI is InChI=1S/C21H31N5O6S/c1-10-16-15(11(2)27)19(29)26(16)20(32-21(30)31)17(10)33-12-7-13(23-8-12)18(28)25-6-5-22-14(9-25)24(3)4/h10-13,15-16,23,27H,5-9H2,1-4H3,(H,30,31)/t10?,11?,12?,13?,15?,16-/m0/s1. The number of fused-ring (bicyclic) bond motifs is 1. The van der Waals surface area contributed by atoms with E-state index in [-0.39, 0.29) is 40.9 Å². The molecule has 0 bridgehead atoms. The molecule has 0 aromatic rings. The number of ether oxygens (including phenoxy) is 1. The fourth-order valence-corrected chi connectivity index (χ4v) is 6.48. The van der Waals surface area contributed by atoms with E-state index in [2.05, 4.69) is 10.3 Å². The number of nitrogens with zero attached hydrogens (tertiary/aromatic N) is 4. The van der Waals surface area contributed by atoms with Gasteiger partial charge in [0.1, 0.15) is 5.84 Å². The number of β-lactam (4-membered cyclic amide) rings is 1. The molecular formula is C21H31N5O6S. The van der Waals surface area contributed by atoms with Crippen molar-refractivity contribution in [3.63, 3.8) is 0 Å². The van der Waals surface area contributed by atoms with Crippen molar-refractivity contribution in [1.82, 2.24) is 20.0 Å². The first-order valence-corrected chi connectivity index (χ1v) is 12.0. The molecule has 2 saturated heterocycles. The van der Waals surface area contributed by atoms with Crippen molar-refractivity contribution in [2.24, 2.45) is 16.8 Å². The van der Waals surface area contributed by atoms with Crippen molar-refractivity contribution in [2.45, 2.75) is 43.7 Å². The molecule has 0 aromatic heterocycles. The number of hydrogen-bond donors (Lipinski definition) is 3. The summed E-state index contributed by atoms with van der Waals surface area (Å²) in [6, 6.07) is -0.646. The van der Waals surface area contributed by atoms with E-state index in [0.717, 1.165) is 5.84 Å². The van der Waals surface area contributed by atoms with Gasteiger partial charge in [-0.2, -0.15) is 0 Å². The van der Waals surface area contributed by atoms with E-state index < -0.39 is 18.2 Å². The fraction of sp³-hybridized carbons (Fsp3) is 0.714. The SMILES string of the molecule is CC(O)C1C(=O)N2C(OC(=O)O)=C(SC3CNC(C(=O)N4CCN=C(N(C)C)C4)C3)C(C)[C@@H]12. The van der Waals surface area contributed by atoms with E-state index >= 15 is 0 Å². The van der Waals surface area contributed by atoms with Crippen LogP contribution in [0.25, 0.3) is 0 Å². The van der Waals surface area contributed by atoms with Crippen molar-refractivity contribution < 1.29 is 29.3 Å². The van der Waals surface area contributed by atoms with E-state index in [1.807, 2.05) is 30.8 Å². The highest BCUT2D eigenvalue weighted by atomic mass is 32.2. The number of aliphatic hydroxyl groups is 1. The van der Waals surface area contributed by atoms with Crippen LogP contribution in [0.1, 0.15) is 20.3 Å². The number of aliphatic hydroxyl groups excluding tert-OH is 1. The number of carboxylic acid groups (broad SMARTS) is 1. The lowest BCUT2D eigenvalue weighted by molar-refractivity contribution is -0.163. The Kier molecular flexibility index (Phi) is 6.61. The third kappa shape index (κ3) is 4.31. The van der Waals surface area contributed by atoms with E-state index in [1.54, 1.807) is 6.92 Å². The van der Waals surface area contributed by atoms with Crippen LogP contribution in [0.5, 0.6) is 0 Å². The summed E-state index contributed by atoms with van der Waals surface area (Å²) < 4.78 is 5.03. The van der Waals surface area contributed by atoms with Gasteiger partial charge in [-0.1, -0.05) is 6.92 Å². The molecule has 2 fully saturated rings. The topological polar surface area (TPSA) is 135 Å². The number of hydrogen-bond acceptors (Lipinski definition) is 9. The number of rotatable bonds is 5. The first-order valence-electron chi connectivity index (χ1n) is 11.2. The molecule has 5 unspecified atom stereocenters. The molecule has 0 aliphatic carbocycles. The van der Waals surface area contributed by atoms with Gasteiger partial charge in [0.15, 0.2) is 0 Å². The lowest BCUT2D eigenvalue weighted by Gasteiger charge is -2.45. The van der Waals surface area contributed by atoms with Gasteiger partial charge in [0, 0.05) is 38.4 Å². The maximum atomic E-state index is 13.1. The zero-order valence-electron chi connectivity index (χ0n) is 19.2. The molecule has 12 heteroatoms. The zero-order valence-corrected chi connectivity index (χ0v) is 20.0. The van der Waals surface area contributed by atoms with Gasteiger partial charge in [0.05, 0.1) is 42.1 Å². The largest absolute Gasteiger partial charge is 0.512 e. The molecule has 0 spiro atoms. The van der Waals surface area contributed by atoms with Crippen LogP contribution in [0.2, 0.25) is 0 Å². The van der Waals surface area contributed by atoms with Crippen LogP contribution in [-0.2, 0) is 14.3 Å². The summed E-state index contributed by atoms with van der Waals surface area (Å²) in [4.78, 5) is 47.2. The Balaban J connectivity index is 1.44. The zero-order chi connectivity index (χ0) is 24.0. The van der Waals surface area contributed by atoms with E-state index in [0.29, 0.717) is 37.5 Å². The summed E-state index contributed by atoms with van der Waals surface area (Å²) in [7, 11) is 3.83. The summed E-state index contributed by atoms with van der Waals surface area (Å²) in [6.45, 7) is 5.73. The maximum Gasteiger partial charge on any atom is 0.512 e. The lowest BCUT2D eigenvalue weighted by atomic mass is 9.79. The highest BCUT2D eigenvalue weighted by molar-refractivity contribution is 8.03. The quantitative estimate of drug-likeness (QED) is 0.365. The van der Waals surface area contributed by atoms with Crippen molar-refractivity contribution in [3.05, 3.63) is 10.8 Å². The second kappa shape index (κ2) is 9.15. The molecule has 182 valence electrons. The van der Waals surface area contributed by atoms with E-state index in [4.69, 9.17) is 4.74 Å². The first kappa shape index (κ1) is 23.8. The smallest absolute Gasteiger partial charge is 0.449 e. The molecule has 2 amide bonds. The lowest BCUT2D eigenvalue weighted by Crippen LogP contribution is -2.63. The maximum absolute atomic E-state index is 13.1. The number of amides is 2. The third-order valence-electron chi connectivity index (χ3n) is 6.75. The van der Waals surface area contributed by atoms with Crippen molar-refractivity contribution in [1.29, 1.82) is 0 Å².